The molecule has 0 amide bonds. The average molecular weight is 461 g/mol. The molecule has 2 unspecified atom stereocenters. The van der Waals surface area contributed by atoms with Crippen LogP contribution in [0.5, 0.6) is 23.0 Å². The highest BCUT2D eigenvalue weighted by Gasteiger charge is 2.64. The van der Waals surface area contributed by atoms with Gasteiger partial charge in [-0.05, 0) is 35.3 Å². The molecule has 0 saturated carbocycles. The third-order valence-corrected chi connectivity index (χ3v) is 4.71. The van der Waals surface area contributed by atoms with Crippen molar-refractivity contribution in [3.63, 3.8) is 0 Å². The molecule has 156 valence electrons. The van der Waals surface area contributed by atoms with Gasteiger partial charge < -0.3 is 18.9 Å². The second kappa shape index (κ2) is 6.15. The summed E-state index contributed by atoms with van der Waals surface area (Å²) in [5.74, 6) is -1.96. The Morgan fingerprint density at radius 3 is 1.38 bits per heavy atom. The third-order valence-electron chi connectivity index (χ3n) is 4.12. The van der Waals surface area contributed by atoms with Crippen LogP contribution in [0, 0.1) is 0 Å². The van der Waals surface area contributed by atoms with Crippen LogP contribution >= 0.6 is 23.2 Å². The van der Waals surface area contributed by atoms with Gasteiger partial charge in [0.1, 0.15) is 0 Å². The molecule has 0 N–H and O–H groups in total. The first-order valence-corrected chi connectivity index (χ1v) is 8.60. The first kappa shape index (κ1) is 20.1. The van der Waals surface area contributed by atoms with E-state index in [-0.39, 0.29) is 17.5 Å². The molecular weight excluding hydrogens is 453 g/mol. The fourth-order valence-electron chi connectivity index (χ4n) is 2.77. The number of ether oxygens (including phenoxy) is 4. The molecule has 0 spiro atoms. The molecule has 4 rings (SSSR count). The highest BCUT2D eigenvalue weighted by atomic mass is 35.5. The van der Waals surface area contributed by atoms with E-state index in [1.807, 2.05) is 0 Å². The summed E-state index contributed by atoms with van der Waals surface area (Å²) >= 11 is 10.1. The van der Waals surface area contributed by atoms with Crippen LogP contribution < -0.4 is 18.9 Å². The Morgan fingerprint density at radius 2 is 1.00 bits per heavy atom. The van der Waals surface area contributed by atoms with Gasteiger partial charge in [0.15, 0.2) is 23.0 Å². The molecule has 0 aliphatic carbocycles. The van der Waals surface area contributed by atoms with Crippen molar-refractivity contribution in [3.8, 4) is 23.0 Å². The van der Waals surface area contributed by atoms with Gasteiger partial charge in [-0.15, -0.1) is 0 Å². The summed E-state index contributed by atoms with van der Waals surface area (Å²) in [6.45, 7) is 0. The lowest BCUT2D eigenvalue weighted by molar-refractivity contribution is -0.303. The summed E-state index contributed by atoms with van der Waals surface area (Å²) in [6, 6.07) is 7.51. The van der Waals surface area contributed by atoms with E-state index in [4.69, 9.17) is 23.2 Å². The Balaban J connectivity index is 1.74. The molecule has 2 heterocycles. The lowest BCUT2D eigenvalue weighted by atomic mass is 10.0. The van der Waals surface area contributed by atoms with Gasteiger partial charge >= 0.3 is 22.8 Å². The van der Waals surface area contributed by atoms with Crippen molar-refractivity contribution in [3.05, 3.63) is 47.5 Å². The number of para-hydroxylation sites is 2. The summed E-state index contributed by atoms with van der Waals surface area (Å²) in [6.07, 6.45) is -9.39. The standard InChI is InChI=1S/C17H8Cl2F6O4/c18-14(20)16(22,23)28-12-8(3-1-5-10(12)26-14)7-9-4-2-6-11-13(9)29-17(24,25)15(19,21)27-11/h1-6H,7H2. The van der Waals surface area contributed by atoms with Crippen molar-refractivity contribution >= 4 is 23.2 Å². The molecule has 2 aromatic rings. The zero-order chi connectivity index (χ0) is 21.2. The number of hydrogen-bond acceptors (Lipinski definition) is 4. The average Bonchev–Trinajstić information content (AvgIpc) is 2.57. The van der Waals surface area contributed by atoms with E-state index in [1.165, 1.54) is 24.3 Å². The van der Waals surface area contributed by atoms with Gasteiger partial charge in [-0.3, -0.25) is 0 Å². The van der Waals surface area contributed by atoms with Gasteiger partial charge in [-0.2, -0.15) is 26.3 Å². The fraction of sp³-hybridized carbons (Fsp3) is 0.294. The Kier molecular flexibility index (Phi) is 4.26. The summed E-state index contributed by atoms with van der Waals surface area (Å²) in [7, 11) is 0. The van der Waals surface area contributed by atoms with Gasteiger partial charge in [0, 0.05) is 17.5 Å². The molecule has 4 nitrogen and oxygen atoms in total. The van der Waals surface area contributed by atoms with Gasteiger partial charge in [-0.25, -0.2) is 0 Å². The van der Waals surface area contributed by atoms with E-state index in [9.17, 15) is 26.3 Å². The Morgan fingerprint density at radius 1 is 0.621 bits per heavy atom. The molecule has 12 heteroatoms. The Hall–Kier alpha value is -2.20. The van der Waals surface area contributed by atoms with E-state index < -0.39 is 45.8 Å². The van der Waals surface area contributed by atoms with Crippen molar-refractivity contribution in [2.24, 2.45) is 0 Å². The summed E-state index contributed by atoms with van der Waals surface area (Å²) in [5, 5.41) is -7.87. The van der Waals surface area contributed by atoms with Crippen LogP contribution in [-0.2, 0) is 6.42 Å². The molecule has 2 aromatic carbocycles. The predicted octanol–water partition coefficient (Wildman–Crippen LogP) is 5.73. The van der Waals surface area contributed by atoms with Crippen LogP contribution in [-0.4, -0.2) is 22.8 Å². The number of benzene rings is 2. The third kappa shape index (κ3) is 3.18. The van der Waals surface area contributed by atoms with Crippen molar-refractivity contribution in [1.29, 1.82) is 0 Å². The molecule has 0 fully saturated rings. The number of alkyl halides is 8. The fourth-order valence-corrected chi connectivity index (χ4v) is 3.01. The molecule has 2 atom stereocenters. The SMILES string of the molecule is FC1(F)Oc2c(Cc3cccc4c3OC(F)(F)C(F)(Cl)O4)cccc2OC1(F)Cl. The molecular formula is C17H8Cl2F6O4. The quantitative estimate of drug-likeness (QED) is 0.423. The van der Waals surface area contributed by atoms with Gasteiger partial charge in [0.2, 0.25) is 0 Å². The lowest BCUT2D eigenvalue weighted by Crippen LogP contribution is -2.51. The monoisotopic (exact) mass is 460 g/mol. The van der Waals surface area contributed by atoms with Gasteiger partial charge in [0.25, 0.3) is 0 Å². The molecule has 2 aliphatic rings. The van der Waals surface area contributed by atoms with Crippen LogP contribution in [0.4, 0.5) is 26.3 Å². The van der Waals surface area contributed by atoms with E-state index in [0.29, 0.717) is 0 Å². The zero-order valence-corrected chi connectivity index (χ0v) is 15.3. The normalized spacial score (nSPS) is 28.7. The largest absolute Gasteiger partial charge is 0.488 e. The number of halogens is 8. The molecule has 29 heavy (non-hydrogen) atoms. The van der Waals surface area contributed by atoms with E-state index in [2.05, 4.69) is 18.9 Å². The zero-order valence-electron chi connectivity index (χ0n) is 13.8. The minimum atomic E-state index is -4.53. The van der Waals surface area contributed by atoms with Gasteiger partial charge in [0.05, 0.1) is 0 Å². The Labute approximate surface area is 168 Å². The summed E-state index contributed by atoms with van der Waals surface area (Å²) in [5.41, 5.74) is -0.00441. The second-order valence-corrected chi connectivity index (χ2v) is 7.11. The minimum absolute atomic E-state index is 0.00221. The maximum absolute atomic E-state index is 13.8. The van der Waals surface area contributed by atoms with Crippen molar-refractivity contribution in [2.75, 3.05) is 0 Å². The van der Waals surface area contributed by atoms with Gasteiger partial charge in [-0.1, -0.05) is 24.3 Å². The van der Waals surface area contributed by atoms with Crippen LogP contribution in [0.15, 0.2) is 36.4 Å². The first-order chi connectivity index (χ1) is 13.3. The summed E-state index contributed by atoms with van der Waals surface area (Å²) in [4.78, 5) is 0. The number of rotatable bonds is 2. The van der Waals surface area contributed by atoms with E-state index in [1.54, 1.807) is 0 Å². The van der Waals surface area contributed by atoms with Crippen molar-refractivity contribution < 1.29 is 45.3 Å². The first-order valence-electron chi connectivity index (χ1n) is 7.84. The molecule has 2 aliphatic heterocycles. The molecule has 0 aromatic heterocycles. The highest BCUT2D eigenvalue weighted by Crippen LogP contribution is 2.52. The van der Waals surface area contributed by atoms with Crippen LogP contribution in [0.3, 0.4) is 0 Å². The van der Waals surface area contributed by atoms with Crippen molar-refractivity contribution in [1.82, 2.24) is 0 Å². The Bertz CT molecular complexity index is 905. The number of hydrogen-bond donors (Lipinski definition) is 0. The van der Waals surface area contributed by atoms with Crippen LogP contribution in [0.25, 0.3) is 0 Å². The maximum atomic E-state index is 13.8. The molecule has 0 radical (unpaired) electrons. The highest BCUT2D eigenvalue weighted by molar-refractivity contribution is 6.23. The number of fused-ring (bicyclic) bond motifs is 2. The smallest absolute Gasteiger partial charge is 0.434 e. The predicted molar refractivity (Wildman–Crippen MR) is 87.5 cm³/mol. The molecule has 0 saturated heterocycles. The maximum Gasteiger partial charge on any atom is 0.488 e. The second-order valence-electron chi connectivity index (χ2n) is 6.14. The van der Waals surface area contributed by atoms with Crippen LogP contribution in [0.2, 0.25) is 0 Å². The van der Waals surface area contributed by atoms with Crippen LogP contribution in [0.1, 0.15) is 11.1 Å². The van der Waals surface area contributed by atoms with Crippen molar-refractivity contribution in [2.45, 2.75) is 29.3 Å². The minimum Gasteiger partial charge on any atom is -0.434 e. The summed E-state index contributed by atoms with van der Waals surface area (Å²) < 4.78 is 100. The lowest BCUT2D eigenvalue weighted by Gasteiger charge is -2.35. The van der Waals surface area contributed by atoms with E-state index >= 15 is 0 Å². The van der Waals surface area contributed by atoms with E-state index in [0.717, 1.165) is 12.1 Å². The molecule has 0 bridgehead atoms. The topological polar surface area (TPSA) is 36.9 Å².